The molecule has 1 unspecified atom stereocenters. The molecule has 0 aromatic heterocycles. The van der Waals surface area contributed by atoms with Crippen LogP contribution in [0.1, 0.15) is 12.5 Å². The molecule has 15 heavy (non-hydrogen) atoms. The summed E-state index contributed by atoms with van der Waals surface area (Å²) >= 11 is 0. The highest BCUT2D eigenvalue weighted by Gasteiger charge is 2.04. The van der Waals surface area contributed by atoms with E-state index in [4.69, 9.17) is 5.73 Å². The summed E-state index contributed by atoms with van der Waals surface area (Å²) in [5.74, 6) is 0. The van der Waals surface area contributed by atoms with Crippen LogP contribution in [0.4, 0.5) is 10.5 Å². The third-order valence-electron chi connectivity index (χ3n) is 2.01. The fourth-order valence-corrected chi connectivity index (χ4v) is 1.17. The Hall–Kier alpha value is -1.55. The third-order valence-corrected chi connectivity index (χ3v) is 2.01. The van der Waals surface area contributed by atoms with Gasteiger partial charge in [0, 0.05) is 18.3 Å². The van der Waals surface area contributed by atoms with E-state index in [1.807, 2.05) is 38.1 Å². The second kappa shape index (κ2) is 5.36. The highest BCUT2D eigenvalue weighted by atomic mass is 16.2. The Bertz CT molecular complexity index is 338. The predicted octanol–water partition coefficient (Wildman–Crippen LogP) is 1.46. The van der Waals surface area contributed by atoms with E-state index in [9.17, 15) is 4.79 Å². The monoisotopic (exact) mass is 207 g/mol. The molecule has 82 valence electrons. The van der Waals surface area contributed by atoms with Gasteiger partial charge >= 0.3 is 6.03 Å². The maximum absolute atomic E-state index is 11.4. The quantitative estimate of drug-likeness (QED) is 0.702. The van der Waals surface area contributed by atoms with E-state index in [-0.39, 0.29) is 12.1 Å². The van der Waals surface area contributed by atoms with Crippen LogP contribution in [0.3, 0.4) is 0 Å². The molecule has 4 nitrogen and oxygen atoms in total. The van der Waals surface area contributed by atoms with Crippen molar-refractivity contribution in [2.45, 2.75) is 19.9 Å². The highest BCUT2D eigenvalue weighted by Crippen LogP contribution is 2.08. The minimum atomic E-state index is -0.224. The third kappa shape index (κ3) is 3.99. The molecule has 0 fully saturated rings. The van der Waals surface area contributed by atoms with Gasteiger partial charge in [-0.2, -0.15) is 0 Å². The van der Waals surface area contributed by atoms with Gasteiger partial charge in [-0.1, -0.05) is 12.1 Å². The molecule has 0 radical (unpaired) electrons. The Balaban J connectivity index is 2.51. The molecule has 0 aliphatic heterocycles. The number of amides is 2. The Kier molecular flexibility index (Phi) is 4.12. The first-order valence-corrected chi connectivity index (χ1v) is 4.96. The maximum Gasteiger partial charge on any atom is 0.319 e. The minimum Gasteiger partial charge on any atom is -0.334 e. The molecule has 0 saturated heterocycles. The Labute approximate surface area is 89.9 Å². The van der Waals surface area contributed by atoms with E-state index in [1.165, 1.54) is 0 Å². The SMILES string of the molecule is Cc1cccc(NC(=O)NC(C)CN)c1. The number of aryl methyl sites for hydroxylation is 1. The molecule has 1 atom stereocenters. The van der Waals surface area contributed by atoms with Gasteiger partial charge < -0.3 is 16.4 Å². The molecule has 1 aromatic rings. The molecule has 2 amide bonds. The van der Waals surface area contributed by atoms with Crippen LogP contribution in [-0.2, 0) is 0 Å². The summed E-state index contributed by atoms with van der Waals surface area (Å²) in [7, 11) is 0. The number of anilines is 1. The van der Waals surface area contributed by atoms with Crippen molar-refractivity contribution in [2.75, 3.05) is 11.9 Å². The van der Waals surface area contributed by atoms with Crippen LogP contribution < -0.4 is 16.4 Å². The zero-order valence-electron chi connectivity index (χ0n) is 9.08. The number of hydrogen-bond donors (Lipinski definition) is 3. The van der Waals surface area contributed by atoms with Crippen molar-refractivity contribution in [1.29, 1.82) is 0 Å². The lowest BCUT2D eigenvalue weighted by molar-refractivity contribution is 0.249. The normalized spacial score (nSPS) is 11.9. The molecule has 4 N–H and O–H groups in total. The van der Waals surface area contributed by atoms with E-state index in [2.05, 4.69) is 10.6 Å². The summed E-state index contributed by atoms with van der Waals surface area (Å²) in [4.78, 5) is 11.4. The van der Waals surface area contributed by atoms with Crippen molar-refractivity contribution in [1.82, 2.24) is 5.32 Å². The fraction of sp³-hybridized carbons (Fsp3) is 0.364. The van der Waals surface area contributed by atoms with Crippen LogP contribution in [0.15, 0.2) is 24.3 Å². The Morgan fingerprint density at radius 3 is 2.87 bits per heavy atom. The van der Waals surface area contributed by atoms with Crippen LogP contribution >= 0.6 is 0 Å². The average Bonchev–Trinajstić information content (AvgIpc) is 2.17. The van der Waals surface area contributed by atoms with Gasteiger partial charge in [0.1, 0.15) is 0 Å². The number of carbonyl (C=O) groups is 1. The first kappa shape index (κ1) is 11.5. The zero-order valence-corrected chi connectivity index (χ0v) is 9.08. The van der Waals surface area contributed by atoms with Gasteiger partial charge in [0.15, 0.2) is 0 Å². The van der Waals surface area contributed by atoms with E-state index >= 15 is 0 Å². The number of nitrogens with one attached hydrogen (secondary N) is 2. The topological polar surface area (TPSA) is 67.2 Å². The molecule has 0 spiro atoms. The van der Waals surface area contributed by atoms with Gasteiger partial charge in [-0.25, -0.2) is 4.79 Å². The van der Waals surface area contributed by atoms with E-state index in [1.54, 1.807) is 0 Å². The summed E-state index contributed by atoms with van der Waals surface area (Å²) in [5.41, 5.74) is 7.29. The van der Waals surface area contributed by atoms with Crippen molar-refractivity contribution in [3.05, 3.63) is 29.8 Å². The minimum absolute atomic E-state index is 0.0187. The predicted molar refractivity (Wildman–Crippen MR) is 61.8 cm³/mol. The highest BCUT2D eigenvalue weighted by molar-refractivity contribution is 5.89. The number of urea groups is 1. The van der Waals surface area contributed by atoms with Crippen molar-refractivity contribution in [3.8, 4) is 0 Å². The molecule has 0 bridgehead atoms. The molecule has 0 aliphatic rings. The van der Waals surface area contributed by atoms with Gasteiger partial charge in [0.25, 0.3) is 0 Å². The lowest BCUT2D eigenvalue weighted by Gasteiger charge is -2.12. The molecule has 1 rings (SSSR count). The first-order chi connectivity index (χ1) is 7.11. The molecule has 1 aromatic carbocycles. The molecule has 0 heterocycles. The smallest absolute Gasteiger partial charge is 0.319 e. The number of rotatable bonds is 3. The largest absolute Gasteiger partial charge is 0.334 e. The van der Waals surface area contributed by atoms with Crippen LogP contribution in [0.5, 0.6) is 0 Å². The number of carbonyl (C=O) groups excluding carboxylic acids is 1. The van der Waals surface area contributed by atoms with Crippen LogP contribution in [0.25, 0.3) is 0 Å². The van der Waals surface area contributed by atoms with Gasteiger partial charge in [0.05, 0.1) is 0 Å². The van der Waals surface area contributed by atoms with Crippen molar-refractivity contribution in [3.63, 3.8) is 0 Å². The van der Waals surface area contributed by atoms with Crippen LogP contribution in [-0.4, -0.2) is 18.6 Å². The van der Waals surface area contributed by atoms with Gasteiger partial charge in [-0.05, 0) is 31.5 Å². The molecule has 0 aliphatic carbocycles. The molecule has 0 saturated carbocycles. The number of hydrogen-bond acceptors (Lipinski definition) is 2. The maximum atomic E-state index is 11.4. The van der Waals surface area contributed by atoms with Crippen molar-refractivity contribution in [2.24, 2.45) is 5.73 Å². The van der Waals surface area contributed by atoms with Crippen LogP contribution in [0, 0.1) is 6.92 Å². The number of nitrogens with two attached hydrogens (primary N) is 1. The summed E-state index contributed by atoms with van der Waals surface area (Å²) in [6.07, 6.45) is 0. The second-order valence-electron chi connectivity index (χ2n) is 3.60. The van der Waals surface area contributed by atoms with Crippen molar-refractivity contribution >= 4 is 11.7 Å². The van der Waals surface area contributed by atoms with E-state index in [0.717, 1.165) is 11.3 Å². The Morgan fingerprint density at radius 2 is 2.27 bits per heavy atom. The number of benzene rings is 1. The lowest BCUT2D eigenvalue weighted by atomic mass is 10.2. The zero-order chi connectivity index (χ0) is 11.3. The standard InChI is InChI=1S/C11H17N3O/c1-8-4-3-5-10(6-8)14-11(15)13-9(2)7-12/h3-6,9H,7,12H2,1-2H3,(H2,13,14,15). The molecular formula is C11H17N3O. The summed E-state index contributed by atoms with van der Waals surface area (Å²) in [6.45, 7) is 4.27. The van der Waals surface area contributed by atoms with Gasteiger partial charge in [-0.3, -0.25) is 0 Å². The summed E-state index contributed by atoms with van der Waals surface area (Å²) in [5, 5.41) is 5.46. The van der Waals surface area contributed by atoms with Crippen LogP contribution in [0.2, 0.25) is 0 Å². The van der Waals surface area contributed by atoms with Gasteiger partial charge in [-0.15, -0.1) is 0 Å². The van der Waals surface area contributed by atoms with E-state index < -0.39 is 0 Å². The summed E-state index contributed by atoms with van der Waals surface area (Å²) in [6, 6.07) is 7.39. The molecular weight excluding hydrogens is 190 g/mol. The second-order valence-corrected chi connectivity index (χ2v) is 3.60. The average molecular weight is 207 g/mol. The first-order valence-electron chi connectivity index (χ1n) is 4.96. The summed E-state index contributed by atoms with van der Waals surface area (Å²) < 4.78 is 0. The molecule has 4 heteroatoms. The fourth-order valence-electron chi connectivity index (χ4n) is 1.17. The lowest BCUT2D eigenvalue weighted by Crippen LogP contribution is -2.40. The Morgan fingerprint density at radius 1 is 1.53 bits per heavy atom. The van der Waals surface area contributed by atoms with Crippen molar-refractivity contribution < 1.29 is 4.79 Å². The van der Waals surface area contributed by atoms with Gasteiger partial charge in [0.2, 0.25) is 0 Å². The van der Waals surface area contributed by atoms with E-state index in [0.29, 0.717) is 6.54 Å².